The number of carbonyl (C=O) groups is 1. The third-order valence-corrected chi connectivity index (χ3v) is 6.91. The maximum absolute atomic E-state index is 14.4. The van der Waals surface area contributed by atoms with E-state index >= 15 is 0 Å². The van der Waals surface area contributed by atoms with Crippen molar-refractivity contribution in [3.05, 3.63) is 30.1 Å². The normalized spacial score (nSPS) is 26.3. The second-order valence-electron chi connectivity index (χ2n) is 9.55. The minimum atomic E-state index is -1.04. The number of alkyl halides is 1. The van der Waals surface area contributed by atoms with E-state index in [9.17, 15) is 9.18 Å². The number of benzene rings is 1. The molecule has 3 aliphatic rings. The zero-order chi connectivity index (χ0) is 24.8. The summed E-state index contributed by atoms with van der Waals surface area (Å²) in [4.78, 5) is 28.9. The SMILES string of the molecule is CNc1nc2nc3c1ncn3C(=O)NC1C[C@@H](F)CC1OCc1cc(cc(N3CCO[C@@H](C)C3)c1)N2. The number of hydrogen-bond acceptors (Lipinski definition) is 9. The van der Waals surface area contributed by atoms with E-state index in [1.165, 1.54) is 10.9 Å². The van der Waals surface area contributed by atoms with Crippen LogP contribution in [0.25, 0.3) is 11.2 Å². The average molecular weight is 497 g/mol. The molecule has 1 saturated carbocycles. The number of imidazole rings is 1. The van der Waals surface area contributed by atoms with Gasteiger partial charge in [0.1, 0.15) is 12.5 Å². The van der Waals surface area contributed by atoms with E-state index in [2.05, 4.69) is 48.8 Å². The Balaban J connectivity index is 1.45. The Bertz CT molecular complexity index is 1300. The number of nitrogens with one attached hydrogen (secondary N) is 3. The number of hydrogen-bond donors (Lipinski definition) is 3. The molecule has 4 atom stereocenters. The number of nitrogens with zero attached hydrogens (tertiary/aromatic N) is 5. The summed E-state index contributed by atoms with van der Waals surface area (Å²) in [7, 11) is 1.74. The minimum Gasteiger partial charge on any atom is -0.375 e. The van der Waals surface area contributed by atoms with Gasteiger partial charge in [-0.25, -0.2) is 18.7 Å². The number of fused-ring (bicyclic) bond motifs is 4. The predicted molar refractivity (Wildman–Crippen MR) is 133 cm³/mol. The summed E-state index contributed by atoms with van der Waals surface area (Å²) < 4.78 is 27.6. The first-order valence-electron chi connectivity index (χ1n) is 12.2. The molecule has 2 aromatic heterocycles. The van der Waals surface area contributed by atoms with Crippen LogP contribution in [0.5, 0.6) is 0 Å². The molecule has 12 heteroatoms. The van der Waals surface area contributed by atoms with Crippen molar-refractivity contribution >= 4 is 40.3 Å². The molecule has 4 bridgehead atoms. The number of morpholine rings is 1. The Hall–Kier alpha value is -3.51. The topological polar surface area (TPSA) is 118 Å². The van der Waals surface area contributed by atoms with Gasteiger partial charge in [-0.3, -0.25) is 0 Å². The molecule has 2 aliphatic heterocycles. The smallest absolute Gasteiger partial charge is 0.328 e. The molecule has 0 spiro atoms. The zero-order valence-corrected chi connectivity index (χ0v) is 20.2. The summed E-state index contributed by atoms with van der Waals surface area (Å²) >= 11 is 0. The molecule has 3 aromatic rings. The van der Waals surface area contributed by atoms with Crippen molar-refractivity contribution in [3.63, 3.8) is 0 Å². The Morgan fingerprint density at radius 3 is 2.92 bits per heavy atom. The first-order chi connectivity index (χ1) is 17.5. The number of rotatable bonds is 2. The fourth-order valence-electron chi connectivity index (χ4n) is 5.18. The van der Waals surface area contributed by atoms with Gasteiger partial charge in [-0.15, -0.1) is 0 Å². The molecule has 0 radical (unpaired) electrons. The summed E-state index contributed by atoms with van der Waals surface area (Å²) in [5.74, 6) is 0.811. The molecule has 1 saturated heterocycles. The number of anilines is 4. The van der Waals surface area contributed by atoms with E-state index in [0.29, 0.717) is 29.5 Å². The largest absolute Gasteiger partial charge is 0.375 e. The third kappa shape index (κ3) is 4.30. The lowest BCUT2D eigenvalue weighted by atomic mass is 10.1. The van der Waals surface area contributed by atoms with E-state index in [-0.39, 0.29) is 25.6 Å². The number of carbonyl (C=O) groups excluding carboxylic acids is 1. The van der Waals surface area contributed by atoms with Gasteiger partial charge in [-0.2, -0.15) is 9.97 Å². The lowest BCUT2D eigenvalue weighted by Gasteiger charge is -2.33. The molecule has 2 unspecified atom stereocenters. The second kappa shape index (κ2) is 9.17. The summed E-state index contributed by atoms with van der Waals surface area (Å²) in [6.07, 6.45) is 0.478. The Labute approximate surface area is 207 Å². The van der Waals surface area contributed by atoms with Crippen LogP contribution >= 0.6 is 0 Å². The van der Waals surface area contributed by atoms with Crippen LogP contribution in [0, 0.1) is 0 Å². The molecule has 3 N–H and O–H groups in total. The first kappa shape index (κ1) is 22.9. The minimum absolute atomic E-state index is 0.126. The highest BCUT2D eigenvalue weighted by atomic mass is 19.1. The fraction of sp³-hybridized carbons (Fsp3) is 0.500. The highest BCUT2D eigenvalue weighted by molar-refractivity contribution is 5.92. The molecular weight excluding hydrogens is 467 g/mol. The van der Waals surface area contributed by atoms with Crippen LogP contribution < -0.4 is 20.9 Å². The molecular formula is C24H29FN8O3. The van der Waals surface area contributed by atoms with Gasteiger partial charge in [0.25, 0.3) is 0 Å². The monoisotopic (exact) mass is 496 g/mol. The molecule has 6 rings (SSSR count). The molecule has 36 heavy (non-hydrogen) atoms. The van der Waals surface area contributed by atoms with Gasteiger partial charge in [0, 0.05) is 44.4 Å². The molecule has 4 heterocycles. The van der Waals surface area contributed by atoms with Gasteiger partial charge < -0.3 is 30.3 Å². The zero-order valence-electron chi connectivity index (χ0n) is 20.2. The third-order valence-electron chi connectivity index (χ3n) is 6.91. The molecule has 2 fully saturated rings. The van der Waals surface area contributed by atoms with E-state index in [0.717, 1.165) is 30.0 Å². The average Bonchev–Trinajstić information content (AvgIpc) is 3.44. The van der Waals surface area contributed by atoms with Crippen LogP contribution in [0.1, 0.15) is 25.3 Å². The quantitative estimate of drug-likeness (QED) is 0.492. The molecule has 1 aromatic carbocycles. The van der Waals surface area contributed by atoms with Gasteiger partial charge in [0.15, 0.2) is 17.0 Å². The molecule has 1 amide bonds. The van der Waals surface area contributed by atoms with Gasteiger partial charge in [-0.1, -0.05) is 0 Å². The Morgan fingerprint density at radius 1 is 1.19 bits per heavy atom. The van der Waals surface area contributed by atoms with Gasteiger partial charge in [0.2, 0.25) is 5.95 Å². The standard InChI is InChI=1S/C24H29FN8O3/c1-13-10-32(3-4-35-13)17-6-14-5-16(9-17)28-23-30-21(26-2)20-22(31-23)33(12-27-20)24(34)29-18-7-15(25)8-19(18)36-11-14/h5-6,9,12-13,15,18-19H,3-4,7-8,10-11H2,1-2H3,(H,29,34)(H2,26,28,30,31)/t13-,15+,18?,19?/m0/s1. The van der Waals surface area contributed by atoms with E-state index in [1.807, 2.05) is 12.1 Å². The van der Waals surface area contributed by atoms with Crippen molar-refractivity contribution in [1.82, 2.24) is 24.8 Å². The van der Waals surface area contributed by atoms with Crippen LogP contribution in [0.4, 0.5) is 32.3 Å². The first-order valence-corrected chi connectivity index (χ1v) is 12.2. The Morgan fingerprint density at radius 2 is 2.08 bits per heavy atom. The van der Waals surface area contributed by atoms with Crippen LogP contribution in [-0.4, -0.2) is 76.7 Å². The van der Waals surface area contributed by atoms with Crippen molar-refractivity contribution in [3.8, 4) is 0 Å². The Kier molecular flexibility index (Phi) is 5.84. The van der Waals surface area contributed by atoms with Crippen LogP contribution in [0.2, 0.25) is 0 Å². The van der Waals surface area contributed by atoms with Crippen LogP contribution in [0.3, 0.4) is 0 Å². The number of halogens is 1. The van der Waals surface area contributed by atoms with Crippen molar-refractivity contribution < 1.29 is 18.7 Å². The van der Waals surface area contributed by atoms with Gasteiger partial charge >= 0.3 is 6.03 Å². The number of ether oxygens (including phenoxy) is 2. The lowest BCUT2D eigenvalue weighted by Crippen LogP contribution is -2.43. The van der Waals surface area contributed by atoms with E-state index in [1.54, 1.807) is 7.05 Å². The van der Waals surface area contributed by atoms with E-state index in [4.69, 9.17) is 9.47 Å². The summed E-state index contributed by atoms with van der Waals surface area (Å²) in [5, 5.41) is 9.26. The van der Waals surface area contributed by atoms with Crippen molar-refractivity contribution in [1.29, 1.82) is 0 Å². The molecule has 190 valence electrons. The van der Waals surface area contributed by atoms with E-state index < -0.39 is 24.3 Å². The van der Waals surface area contributed by atoms with Crippen molar-refractivity contribution in [2.75, 3.05) is 42.3 Å². The van der Waals surface area contributed by atoms with Gasteiger partial charge in [-0.05, 0) is 30.7 Å². The highest BCUT2D eigenvalue weighted by Gasteiger charge is 2.37. The fourth-order valence-corrected chi connectivity index (χ4v) is 5.18. The lowest BCUT2D eigenvalue weighted by molar-refractivity contribution is 0.0273. The van der Waals surface area contributed by atoms with Crippen LogP contribution in [-0.2, 0) is 16.1 Å². The van der Waals surface area contributed by atoms with Gasteiger partial charge in [0.05, 0.1) is 31.5 Å². The second-order valence-corrected chi connectivity index (χ2v) is 9.55. The predicted octanol–water partition coefficient (Wildman–Crippen LogP) is 2.79. The molecule has 11 nitrogen and oxygen atoms in total. The summed E-state index contributed by atoms with van der Waals surface area (Å²) in [6.45, 7) is 4.55. The van der Waals surface area contributed by atoms with Crippen molar-refractivity contribution in [2.45, 2.75) is 50.8 Å². The maximum Gasteiger partial charge on any atom is 0.328 e. The number of amides is 1. The maximum atomic E-state index is 14.4. The van der Waals surface area contributed by atoms with Crippen LogP contribution in [0.15, 0.2) is 24.5 Å². The van der Waals surface area contributed by atoms with Crippen molar-refractivity contribution in [2.24, 2.45) is 0 Å². The number of aromatic nitrogens is 4. The molecule has 1 aliphatic carbocycles. The summed E-state index contributed by atoms with van der Waals surface area (Å²) in [5.41, 5.74) is 3.55. The summed E-state index contributed by atoms with van der Waals surface area (Å²) in [6, 6.07) is 5.22. The highest BCUT2D eigenvalue weighted by Crippen LogP contribution is 2.31.